The van der Waals surface area contributed by atoms with Crippen LogP contribution in [0.15, 0.2) is 18.2 Å². The minimum absolute atomic E-state index is 0.0275. The molecule has 19 nitrogen and oxygen atoms in total. The average Bonchev–Trinajstić information content (AvgIpc) is 3.13. The molecule has 0 unspecified atom stereocenters. The Kier molecular flexibility index (Phi) is 22.9. The fourth-order valence-corrected chi connectivity index (χ4v) is 5.86. The third-order valence-electron chi connectivity index (χ3n) is 9.52. The predicted molar refractivity (Wildman–Crippen MR) is 207 cm³/mol. The predicted octanol–water partition coefficient (Wildman–Crippen LogP) is 3.98. The maximum absolute atomic E-state index is 13.7. The lowest BCUT2D eigenvalue weighted by Crippen LogP contribution is -2.50. The summed E-state index contributed by atoms with van der Waals surface area (Å²) in [5.41, 5.74) is 5.39. The Hall–Kier alpha value is -4.94. The number of nitrogens with two attached hydrogens (primary N) is 1. The number of primary amides is 1. The number of esters is 1. The summed E-state index contributed by atoms with van der Waals surface area (Å²) < 4.78 is 22.7. The first-order chi connectivity index (χ1) is 26.8. The van der Waals surface area contributed by atoms with Gasteiger partial charge in [0.2, 0.25) is 17.7 Å². The zero-order valence-electron chi connectivity index (χ0n) is 34.6. The van der Waals surface area contributed by atoms with E-state index in [1.807, 2.05) is 45.9 Å². The minimum atomic E-state index is -1.08. The molecule has 0 heterocycles. The van der Waals surface area contributed by atoms with Gasteiger partial charge in [0.1, 0.15) is 6.10 Å². The van der Waals surface area contributed by atoms with Gasteiger partial charge in [-0.2, -0.15) is 0 Å². The molecule has 0 radical (unpaired) electrons. The molecule has 0 spiro atoms. The van der Waals surface area contributed by atoms with E-state index in [4.69, 9.17) is 24.7 Å². The molecule has 1 aromatic rings. The first-order valence-electron chi connectivity index (χ1n) is 19.2. The van der Waals surface area contributed by atoms with Gasteiger partial charge in [0, 0.05) is 45.4 Å². The molecule has 57 heavy (non-hydrogen) atoms. The first-order valence-corrected chi connectivity index (χ1v) is 19.2. The number of nitrogens with zero attached hydrogens (tertiary/aromatic N) is 2. The van der Waals surface area contributed by atoms with Crippen molar-refractivity contribution < 1.29 is 58.0 Å². The number of carbonyl (C=O) groups is 4. The van der Waals surface area contributed by atoms with E-state index in [2.05, 4.69) is 20.3 Å². The van der Waals surface area contributed by atoms with Gasteiger partial charge in [-0.3, -0.25) is 19.2 Å². The Labute approximate surface area is 334 Å². The third kappa shape index (κ3) is 20.2. The average molecular weight is 814 g/mol. The molecule has 0 saturated carbocycles. The molecular weight excluding hydrogens is 750 g/mol. The maximum atomic E-state index is 13.7. The number of nitrogens with one attached hydrogen (secondary N) is 2. The Morgan fingerprint density at radius 1 is 0.842 bits per heavy atom. The second kappa shape index (κ2) is 26.1. The van der Waals surface area contributed by atoms with E-state index in [0.29, 0.717) is 37.6 Å². The molecule has 4 N–H and O–H groups in total. The van der Waals surface area contributed by atoms with Gasteiger partial charge in [-0.15, -0.1) is 20.2 Å². The van der Waals surface area contributed by atoms with E-state index in [9.17, 15) is 39.4 Å². The van der Waals surface area contributed by atoms with Gasteiger partial charge in [-0.05, 0) is 81.4 Å². The fraction of sp³-hybridized carbons (Fsp3) is 0.737. The lowest BCUT2D eigenvalue weighted by molar-refractivity contribution is -0.757. The molecule has 324 valence electrons. The number of amides is 3. The van der Waals surface area contributed by atoms with Crippen molar-refractivity contribution in [2.75, 3.05) is 47.2 Å². The van der Waals surface area contributed by atoms with Crippen molar-refractivity contribution in [1.82, 2.24) is 10.6 Å². The smallest absolute Gasteiger partial charge is 0.306 e. The van der Waals surface area contributed by atoms with Crippen LogP contribution in [0.4, 0.5) is 0 Å². The van der Waals surface area contributed by atoms with Crippen LogP contribution >= 0.6 is 0 Å². The molecule has 1 aromatic carbocycles. The zero-order valence-corrected chi connectivity index (χ0v) is 34.6. The summed E-state index contributed by atoms with van der Waals surface area (Å²) in [7, 11) is 3.16. The largest absolute Gasteiger partial charge is 0.493 e. The molecule has 0 aliphatic carbocycles. The van der Waals surface area contributed by atoms with Gasteiger partial charge in [0.05, 0.1) is 38.4 Å². The molecule has 0 aliphatic heterocycles. The van der Waals surface area contributed by atoms with Crippen LogP contribution in [-0.2, 0) is 44.7 Å². The molecular formula is C38H63N5O14. The van der Waals surface area contributed by atoms with Crippen molar-refractivity contribution in [2.45, 2.75) is 105 Å². The van der Waals surface area contributed by atoms with Gasteiger partial charge in [0.15, 0.2) is 11.5 Å². The van der Waals surface area contributed by atoms with Gasteiger partial charge in [-0.1, -0.05) is 33.8 Å². The van der Waals surface area contributed by atoms with E-state index >= 15 is 0 Å². The number of benzene rings is 1. The van der Waals surface area contributed by atoms with Crippen molar-refractivity contribution >= 4 is 23.7 Å². The Morgan fingerprint density at radius 2 is 1.47 bits per heavy atom. The highest BCUT2D eigenvalue weighted by Crippen LogP contribution is 2.33. The molecule has 0 aliphatic rings. The molecule has 0 saturated heterocycles. The third-order valence-corrected chi connectivity index (χ3v) is 9.52. The molecule has 0 bridgehead atoms. The van der Waals surface area contributed by atoms with E-state index < -0.39 is 57.3 Å². The van der Waals surface area contributed by atoms with Crippen molar-refractivity contribution in [3.05, 3.63) is 44.0 Å². The fourth-order valence-electron chi connectivity index (χ4n) is 5.86. The zero-order chi connectivity index (χ0) is 43.1. The molecule has 0 aromatic heterocycles. The quantitative estimate of drug-likeness (QED) is 0.0415. The highest BCUT2D eigenvalue weighted by Gasteiger charge is 2.36. The number of carbonyl (C=O) groups excluding carboxylic acids is 4. The molecule has 1 rings (SSSR count). The lowest BCUT2D eigenvalue weighted by atomic mass is 9.80. The van der Waals surface area contributed by atoms with Gasteiger partial charge < -0.3 is 45.0 Å². The summed E-state index contributed by atoms with van der Waals surface area (Å²) in [6.45, 7) is 11.1. The Bertz CT molecular complexity index is 1440. The topological polar surface area (TPSA) is 260 Å². The van der Waals surface area contributed by atoms with E-state index in [1.54, 1.807) is 28.1 Å². The van der Waals surface area contributed by atoms with E-state index in [0.717, 1.165) is 5.56 Å². The molecule has 3 amide bonds. The molecule has 19 heteroatoms. The minimum Gasteiger partial charge on any atom is -0.493 e. The van der Waals surface area contributed by atoms with Crippen molar-refractivity contribution in [1.29, 1.82) is 0 Å². The number of rotatable bonds is 31. The summed E-state index contributed by atoms with van der Waals surface area (Å²) in [6.07, 6.45) is -0.0679. The SMILES string of the molecule is COCCCOc1cc(C[C@@H](C[C@H](NC(=O)CCCO[N+](=O)[O-])[C@H](C[C@H](C(=O)NCC(C)(C)C(N)=O)C(C)C)OC(=O)CCCO[N+](=O)[O-])C(C)C)ccc1OC. The van der Waals surface area contributed by atoms with Crippen LogP contribution in [0, 0.1) is 49.3 Å². The monoisotopic (exact) mass is 813 g/mol. The van der Waals surface area contributed by atoms with Crippen molar-refractivity contribution in [3.8, 4) is 11.5 Å². The van der Waals surface area contributed by atoms with Gasteiger partial charge in [-0.25, -0.2) is 0 Å². The number of methoxy groups -OCH3 is 2. The van der Waals surface area contributed by atoms with E-state index in [1.165, 1.54) is 0 Å². The molecule has 4 atom stereocenters. The summed E-state index contributed by atoms with van der Waals surface area (Å²) in [5, 5.41) is 25.2. The van der Waals surface area contributed by atoms with Crippen LogP contribution in [0.25, 0.3) is 0 Å². The standard InChI is InChI=1S/C38H63N5O14/c1-25(2)28(20-27-14-15-31(53-8)33(21-27)54-17-11-16-52-7)22-30(41-34(44)12-9-18-55-42(48)49)32(57-35(45)13-10-19-56-43(50)51)23-29(26(3)4)36(46)40-24-38(5,6)37(39)47/h14-15,21,25-26,28-30,32H,9-13,16-20,22-24H2,1-8H3,(H2,39,47)(H,40,46)(H,41,44)/t28-,29-,30-,32-/m0/s1. The number of ether oxygens (including phenoxy) is 4. The highest BCUT2D eigenvalue weighted by atomic mass is 17.0. The number of hydrogen-bond donors (Lipinski definition) is 3. The van der Waals surface area contributed by atoms with Crippen molar-refractivity contribution in [3.63, 3.8) is 0 Å². The summed E-state index contributed by atoms with van der Waals surface area (Å²) in [5.74, 6) is -2.31. The first kappa shape index (κ1) is 50.1. The van der Waals surface area contributed by atoms with Crippen molar-refractivity contribution in [2.24, 2.45) is 34.8 Å². The second-order valence-electron chi connectivity index (χ2n) is 15.2. The Morgan fingerprint density at radius 3 is 2.02 bits per heavy atom. The summed E-state index contributed by atoms with van der Waals surface area (Å²) in [6, 6.07) is 4.75. The number of hydrogen-bond acceptors (Lipinski definition) is 14. The van der Waals surface area contributed by atoms with Crippen LogP contribution in [0.1, 0.15) is 92.1 Å². The maximum Gasteiger partial charge on any atom is 0.306 e. The van der Waals surface area contributed by atoms with Gasteiger partial charge >= 0.3 is 5.97 Å². The van der Waals surface area contributed by atoms with E-state index in [-0.39, 0.29) is 76.0 Å². The normalized spacial score (nSPS) is 13.5. The van der Waals surface area contributed by atoms with Crippen LogP contribution in [0.5, 0.6) is 11.5 Å². The lowest BCUT2D eigenvalue weighted by Gasteiger charge is -2.35. The summed E-state index contributed by atoms with van der Waals surface area (Å²) in [4.78, 5) is 82.5. The second-order valence-corrected chi connectivity index (χ2v) is 15.2. The highest BCUT2D eigenvalue weighted by molar-refractivity contribution is 5.83. The van der Waals surface area contributed by atoms with Crippen LogP contribution < -0.4 is 25.8 Å². The van der Waals surface area contributed by atoms with Crippen LogP contribution in [0.2, 0.25) is 0 Å². The molecule has 0 fully saturated rings. The van der Waals surface area contributed by atoms with Crippen LogP contribution in [-0.4, -0.2) is 93.2 Å². The Balaban J connectivity index is 3.62. The van der Waals surface area contributed by atoms with Gasteiger partial charge in [0.25, 0.3) is 10.2 Å². The summed E-state index contributed by atoms with van der Waals surface area (Å²) >= 11 is 0. The van der Waals surface area contributed by atoms with Crippen LogP contribution in [0.3, 0.4) is 0 Å².